The fourth-order valence-corrected chi connectivity index (χ4v) is 4.34. The Bertz CT molecular complexity index is 725. The van der Waals surface area contributed by atoms with Crippen LogP contribution in [0.5, 0.6) is 0 Å². The number of aromatic nitrogens is 1. The number of carbonyl (C=O) groups is 1. The SMILES string of the molecule is O=C(CCC1CCCCC1)Nc1ccc2c(c1)NC(c1cscn1)N2. The highest BCUT2D eigenvalue weighted by Crippen LogP contribution is 2.37. The van der Waals surface area contributed by atoms with E-state index in [0.717, 1.165) is 35.1 Å². The second-order valence-corrected chi connectivity index (χ2v) is 7.70. The first kappa shape index (κ1) is 16.4. The van der Waals surface area contributed by atoms with Crippen LogP contribution in [0.2, 0.25) is 0 Å². The van der Waals surface area contributed by atoms with Gasteiger partial charge in [-0.1, -0.05) is 32.1 Å². The van der Waals surface area contributed by atoms with E-state index in [9.17, 15) is 4.79 Å². The third kappa shape index (κ3) is 3.95. The molecule has 25 heavy (non-hydrogen) atoms. The molecule has 1 fully saturated rings. The predicted molar refractivity (Wildman–Crippen MR) is 103 cm³/mol. The summed E-state index contributed by atoms with van der Waals surface area (Å²) in [6.07, 6.45) is 8.24. The molecule has 2 aliphatic rings. The van der Waals surface area contributed by atoms with Crippen LogP contribution in [-0.2, 0) is 4.79 Å². The lowest BCUT2D eigenvalue weighted by Crippen LogP contribution is -2.14. The zero-order valence-corrected chi connectivity index (χ0v) is 15.1. The first-order valence-corrected chi connectivity index (χ1v) is 10.1. The van der Waals surface area contributed by atoms with Crippen LogP contribution in [0.4, 0.5) is 17.1 Å². The fourth-order valence-electron chi connectivity index (χ4n) is 3.76. The summed E-state index contributed by atoms with van der Waals surface area (Å²) in [5.74, 6) is 0.858. The van der Waals surface area contributed by atoms with E-state index in [0.29, 0.717) is 6.42 Å². The minimum atomic E-state index is -0.00139. The summed E-state index contributed by atoms with van der Waals surface area (Å²) in [5, 5.41) is 11.9. The van der Waals surface area contributed by atoms with Crippen molar-refractivity contribution in [2.45, 2.75) is 51.1 Å². The number of carbonyl (C=O) groups excluding carboxylic acids is 1. The van der Waals surface area contributed by atoms with Crippen LogP contribution in [0.3, 0.4) is 0 Å². The number of hydrogen-bond donors (Lipinski definition) is 3. The fraction of sp³-hybridized carbons (Fsp3) is 0.474. The highest BCUT2D eigenvalue weighted by Gasteiger charge is 2.22. The molecular weight excluding hydrogens is 332 g/mol. The number of anilines is 3. The van der Waals surface area contributed by atoms with Gasteiger partial charge in [-0.2, -0.15) is 0 Å². The van der Waals surface area contributed by atoms with Gasteiger partial charge in [-0.15, -0.1) is 11.3 Å². The van der Waals surface area contributed by atoms with Gasteiger partial charge in [0.15, 0.2) is 0 Å². The Balaban J connectivity index is 1.32. The summed E-state index contributed by atoms with van der Waals surface area (Å²) in [4.78, 5) is 16.6. The molecule has 1 saturated carbocycles. The molecule has 1 amide bonds. The lowest BCUT2D eigenvalue weighted by atomic mass is 9.86. The molecular formula is C19H24N4OS. The highest BCUT2D eigenvalue weighted by molar-refractivity contribution is 7.07. The van der Waals surface area contributed by atoms with Crippen LogP contribution in [0.25, 0.3) is 0 Å². The van der Waals surface area contributed by atoms with Gasteiger partial charge in [-0.05, 0) is 30.5 Å². The zero-order chi connectivity index (χ0) is 17.1. The van der Waals surface area contributed by atoms with Crippen molar-refractivity contribution < 1.29 is 4.79 Å². The van der Waals surface area contributed by atoms with Crippen molar-refractivity contribution in [1.29, 1.82) is 0 Å². The van der Waals surface area contributed by atoms with Crippen LogP contribution < -0.4 is 16.0 Å². The van der Waals surface area contributed by atoms with Crippen molar-refractivity contribution in [2.24, 2.45) is 5.92 Å². The normalized spacial score (nSPS) is 19.8. The number of benzene rings is 1. The summed E-state index contributed by atoms with van der Waals surface area (Å²) in [5.41, 5.74) is 5.71. The van der Waals surface area contributed by atoms with Gasteiger partial charge in [-0.3, -0.25) is 4.79 Å². The third-order valence-corrected chi connectivity index (χ3v) is 5.76. The Morgan fingerprint density at radius 2 is 2.04 bits per heavy atom. The second kappa shape index (κ2) is 7.44. The average Bonchev–Trinajstić information content (AvgIpc) is 3.30. The molecule has 0 saturated heterocycles. The number of nitrogens with zero attached hydrogens (tertiary/aromatic N) is 1. The lowest BCUT2D eigenvalue weighted by Gasteiger charge is -2.21. The topological polar surface area (TPSA) is 66.0 Å². The molecule has 1 aromatic carbocycles. The van der Waals surface area contributed by atoms with E-state index in [-0.39, 0.29) is 12.1 Å². The van der Waals surface area contributed by atoms with Crippen LogP contribution >= 0.6 is 11.3 Å². The van der Waals surface area contributed by atoms with Gasteiger partial charge in [0.05, 0.1) is 22.6 Å². The van der Waals surface area contributed by atoms with Crippen molar-refractivity contribution in [1.82, 2.24) is 4.98 Å². The maximum Gasteiger partial charge on any atom is 0.224 e. The van der Waals surface area contributed by atoms with E-state index >= 15 is 0 Å². The van der Waals surface area contributed by atoms with Crippen LogP contribution in [-0.4, -0.2) is 10.9 Å². The molecule has 0 spiro atoms. The minimum absolute atomic E-state index is 0.00139. The van der Waals surface area contributed by atoms with E-state index in [1.54, 1.807) is 11.3 Å². The second-order valence-electron chi connectivity index (χ2n) is 6.99. The smallest absolute Gasteiger partial charge is 0.224 e. The number of thiazole rings is 1. The summed E-state index contributed by atoms with van der Waals surface area (Å²) >= 11 is 1.59. The maximum absolute atomic E-state index is 12.3. The van der Waals surface area contributed by atoms with E-state index < -0.39 is 0 Å². The Morgan fingerprint density at radius 3 is 2.84 bits per heavy atom. The number of hydrogen-bond acceptors (Lipinski definition) is 5. The molecule has 4 rings (SSSR count). The van der Waals surface area contributed by atoms with Gasteiger partial charge < -0.3 is 16.0 Å². The third-order valence-electron chi connectivity index (χ3n) is 5.15. The average molecular weight is 356 g/mol. The quantitative estimate of drug-likeness (QED) is 0.707. The first-order chi connectivity index (χ1) is 12.3. The van der Waals surface area contributed by atoms with Gasteiger partial charge in [0.2, 0.25) is 5.91 Å². The summed E-state index contributed by atoms with van der Waals surface area (Å²) < 4.78 is 0. The molecule has 5 nitrogen and oxygen atoms in total. The summed E-state index contributed by atoms with van der Waals surface area (Å²) in [6, 6.07) is 5.95. The Hall–Kier alpha value is -2.08. The van der Waals surface area contributed by atoms with Crippen molar-refractivity contribution in [3.63, 3.8) is 0 Å². The predicted octanol–water partition coefficient (Wildman–Crippen LogP) is 4.98. The van der Waals surface area contributed by atoms with E-state index in [2.05, 4.69) is 20.9 Å². The van der Waals surface area contributed by atoms with Crippen molar-refractivity contribution in [3.8, 4) is 0 Å². The molecule has 3 N–H and O–H groups in total. The van der Waals surface area contributed by atoms with Crippen LogP contribution in [0.15, 0.2) is 29.1 Å². The van der Waals surface area contributed by atoms with Crippen LogP contribution in [0.1, 0.15) is 56.8 Å². The van der Waals surface area contributed by atoms with E-state index in [1.807, 2.05) is 29.1 Å². The Labute approximate surface area is 152 Å². The van der Waals surface area contributed by atoms with Gasteiger partial charge in [0.25, 0.3) is 0 Å². The summed E-state index contributed by atoms with van der Waals surface area (Å²) in [7, 11) is 0. The van der Waals surface area contributed by atoms with Gasteiger partial charge in [-0.25, -0.2) is 4.98 Å². The highest BCUT2D eigenvalue weighted by atomic mass is 32.1. The van der Waals surface area contributed by atoms with Crippen molar-refractivity contribution >= 4 is 34.3 Å². The number of amides is 1. The number of rotatable bonds is 5. The lowest BCUT2D eigenvalue weighted by molar-refractivity contribution is -0.116. The largest absolute Gasteiger partial charge is 0.359 e. The monoisotopic (exact) mass is 356 g/mol. The summed E-state index contributed by atoms with van der Waals surface area (Å²) in [6.45, 7) is 0. The minimum Gasteiger partial charge on any atom is -0.359 e. The van der Waals surface area contributed by atoms with Crippen molar-refractivity contribution in [3.05, 3.63) is 34.8 Å². The molecule has 0 bridgehead atoms. The van der Waals surface area contributed by atoms with E-state index in [4.69, 9.17) is 0 Å². The molecule has 132 valence electrons. The molecule has 1 atom stereocenters. The molecule has 1 unspecified atom stereocenters. The van der Waals surface area contributed by atoms with Crippen LogP contribution in [0, 0.1) is 5.92 Å². The molecule has 1 aromatic heterocycles. The van der Waals surface area contributed by atoms with Gasteiger partial charge in [0, 0.05) is 17.5 Å². The number of fused-ring (bicyclic) bond motifs is 1. The van der Waals surface area contributed by atoms with Gasteiger partial charge in [0.1, 0.15) is 6.17 Å². The van der Waals surface area contributed by atoms with Crippen molar-refractivity contribution in [2.75, 3.05) is 16.0 Å². The Morgan fingerprint density at radius 1 is 1.20 bits per heavy atom. The molecule has 0 radical (unpaired) electrons. The van der Waals surface area contributed by atoms with Gasteiger partial charge >= 0.3 is 0 Å². The molecule has 1 aliphatic heterocycles. The first-order valence-electron chi connectivity index (χ1n) is 9.13. The van der Waals surface area contributed by atoms with E-state index in [1.165, 1.54) is 32.1 Å². The molecule has 1 aliphatic carbocycles. The molecule has 6 heteroatoms. The molecule has 2 heterocycles. The maximum atomic E-state index is 12.3. The zero-order valence-electron chi connectivity index (χ0n) is 14.3. The number of nitrogens with one attached hydrogen (secondary N) is 3. The molecule has 2 aromatic rings. The standard InChI is InChI=1S/C19H24N4OS/c24-18(9-6-13-4-2-1-3-5-13)21-14-7-8-15-16(10-14)23-19(22-15)17-11-25-12-20-17/h7-8,10-13,19,22-23H,1-6,9H2,(H,21,24). The Kier molecular flexibility index (Phi) is 4.88.